The number of aromatic nitrogens is 2. The lowest BCUT2D eigenvalue weighted by Crippen LogP contribution is -1.95. The van der Waals surface area contributed by atoms with E-state index >= 15 is 0 Å². The van der Waals surface area contributed by atoms with E-state index in [0.29, 0.717) is 0 Å². The van der Waals surface area contributed by atoms with E-state index in [-0.39, 0.29) is 0 Å². The third-order valence-corrected chi connectivity index (χ3v) is 9.53. The van der Waals surface area contributed by atoms with Gasteiger partial charge in [-0.3, -0.25) is 0 Å². The van der Waals surface area contributed by atoms with Gasteiger partial charge in [-0.25, -0.2) is 4.52 Å². The van der Waals surface area contributed by atoms with Crippen LogP contribution in [-0.4, -0.2) is 9.61 Å². The first-order valence-corrected chi connectivity index (χ1v) is 15.0. The lowest BCUT2D eigenvalue weighted by atomic mass is 9.95. The molecule has 0 spiro atoms. The molecule has 9 rings (SSSR count). The molecule has 3 heterocycles. The SMILES string of the molecule is c1ccc(-c2cc3ccccc3c3c(-c4ccc5sc6ccccc6c5c4)c(-c4ccc5ccccc5c4)nn23)cc1. The summed E-state index contributed by atoms with van der Waals surface area (Å²) < 4.78 is 4.79. The van der Waals surface area contributed by atoms with Gasteiger partial charge >= 0.3 is 0 Å². The van der Waals surface area contributed by atoms with Crippen LogP contribution in [0.15, 0.2) is 146 Å². The second-order valence-electron chi connectivity index (χ2n) is 10.8. The summed E-state index contributed by atoms with van der Waals surface area (Å²) in [6.45, 7) is 0. The van der Waals surface area contributed by atoms with Crippen LogP contribution in [0.5, 0.6) is 0 Å². The number of fused-ring (bicyclic) bond motifs is 7. The molecule has 0 bridgehead atoms. The summed E-state index contributed by atoms with van der Waals surface area (Å²) in [6, 6.07) is 52.5. The largest absolute Gasteiger partial charge is 0.231 e. The molecule has 3 heteroatoms. The van der Waals surface area contributed by atoms with Crippen molar-refractivity contribution in [2.24, 2.45) is 0 Å². The lowest BCUT2D eigenvalue weighted by Gasteiger charge is -2.11. The minimum Gasteiger partial charge on any atom is -0.231 e. The summed E-state index contributed by atoms with van der Waals surface area (Å²) in [6.07, 6.45) is 0. The first kappa shape index (κ1) is 23.5. The van der Waals surface area contributed by atoms with Crippen molar-refractivity contribution in [1.29, 1.82) is 0 Å². The molecule has 6 aromatic carbocycles. The summed E-state index contributed by atoms with van der Waals surface area (Å²) in [4.78, 5) is 0. The van der Waals surface area contributed by atoms with E-state index < -0.39 is 0 Å². The summed E-state index contributed by atoms with van der Waals surface area (Å²) in [5.74, 6) is 0. The van der Waals surface area contributed by atoms with Crippen molar-refractivity contribution in [2.45, 2.75) is 0 Å². The summed E-state index contributed by atoms with van der Waals surface area (Å²) >= 11 is 1.85. The van der Waals surface area contributed by atoms with Crippen molar-refractivity contribution >= 4 is 58.6 Å². The van der Waals surface area contributed by atoms with Crippen LogP contribution >= 0.6 is 11.3 Å². The van der Waals surface area contributed by atoms with Crippen LogP contribution in [0.3, 0.4) is 0 Å². The van der Waals surface area contributed by atoms with Crippen LogP contribution < -0.4 is 0 Å². The molecule has 0 aliphatic rings. The van der Waals surface area contributed by atoms with Crippen LogP contribution in [0.2, 0.25) is 0 Å². The quantitative estimate of drug-likeness (QED) is 0.213. The van der Waals surface area contributed by atoms with E-state index in [1.54, 1.807) is 0 Å². The average molecular weight is 553 g/mol. The molecule has 2 nitrogen and oxygen atoms in total. The minimum atomic E-state index is 0.994. The third kappa shape index (κ3) is 3.54. The zero-order valence-corrected chi connectivity index (χ0v) is 23.5. The number of benzene rings is 6. The topological polar surface area (TPSA) is 17.3 Å². The normalized spacial score (nSPS) is 11.8. The monoisotopic (exact) mass is 552 g/mol. The van der Waals surface area contributed by atoms with Crippen LogP contribution in [0.4, 0.5) is 0 Å². The Balaban J connectivity index is 1.44. The Bertz CT molecular complexity index is 2470. The number of nitrogens with zero attached hydrogens (tertiary/aromatic N) is 2. The predicted octanol–water partition coefficient (Wildman–Crippen LogP) is 11.0. The maximum atomic E-state index is 5.44. The van der Waals surface area contributed by atoms with E-state index in [4.69, 9.17) is 5.10 Å². The highest BCUT2D eigenvalue weighted by Crippen LogP contribution is 2.43. The van der Waals surface area contributed by atoms with E-state index in [1.165, 1.54) is 47.3 Å². The molecule has 196 valence electrons. The van der Waals surface area contributed by atoms with Gasteiger partial charge in [0, 0.05) is 42.2 Å². The fraction of sp³-hybridized carbons (Fsp3) is 0. The zero-order valence-electron chi connectivity index (χ0n) is 22.7. The van der Waals surface area contributed by atoms with Crippen molar-refractivity contribution in [3.8, 4) is 33.6 Å². The molecule has 3 aromatic heterocycles. The van der Waals surface area contributed by atoms with Crippen molar-refractivity contribution in [3.63, 3.8) is 0 Å². The summed E-state index contributed by atoms with van der Waals surface area (Å²) in [7, 11) is 0. The number of hydrogen-bond acceptors (Lipinski definition) is 2. The van der Waals surface area contributed by atoms with Gasteiger partial charge in [-0.15, -0.1) is 11.3 Å². The average Bonchev–Trinajstić information content (AvgIpc) is 3.64. The summed E-state index contributed by atoms with van der Waals surface area (Å²) in [5, 5.41) is 12.9. The Hall–Kier alpha value is -5.25. The van der Waals surface area contributed by atoms with E-state index in [0.717, 1.165) is 33.6 Å². The van der Waals surface area contributed by atoms with E-state index in [2.05, 4.69) is 150 Å². The molecular weight excluding hydrogens is 529 g/mol. The minimum absolute atomic E-state index is 0.994. The van der Waals surface area contributed by atoms with Gasteiger partial charge in [0.05, 0.1) is 11.2 Å². The van der Waals surface area contributed by atoms with Crippen LogP contribution in [0.1, 0.15) is 0 Å². The van der Waals surface area contributed by atoms with Gasteiger partial charge in [0.2, 0.25) is 0 Å². The highest BCUT2D eigenvalue weighted by atomic mass is 32.1. The van der Waals surface area contributed by atoms with Crippen LogP contribution in [-0.2, 0) is 0 Å². The van der Waals surface area contributed by atoms with Gasteiger partial charge in [-0.2, -0.15) is 5.10 Å². The van der Waals surface area contributed by atoms with E-state index in [1.807, 2.05) is 11.3 Å². The second kappa shape index (κ2) is 9.13. The first-order valence-electron chi connectivity index (χ1n) is 14.2. The predicted molar refractivity (Wildman–Crippen MR) is 179 cm³/mol. The number of thiophene rings is 1. The molecule has 0 fully saturated rings. The molecule has 0 N–H and O–H groups in total. The highest BCUT2D eigenvalue weighted by Gasteiger charge is 2.22. The molecule has 0 atom stereocenters. The Morgan fingerprint density at radius 2 is 1.14 bits per heavy atom. The Kier molecular flexibility index (Phi) is 5.10. The van der Waals surface area contributed by atoms with Crippen molar-refractivity contribution in [2.75, 3.05) is 0 Å². The standard InChI is InChI=1S/C39H24N2S/c1-2-11-26(12-3-1)34-24-28-14-6-7-15-31(28)39-37(29-20-21-36-33(23-29)32-16-8-9-17-35(32)42-36)38(40-41(34)39)30-19-18-25-10-4-5-13-27(25)22-30/h1-24H. The van der Waals surface area contributed by atoms with Gasteiger partial charge in [0.15, 0.2) is 0 Å². The number of hydrogen-bond donors (Lipinski definition) is 0. The fourth-order valence-electron chi connectivity index (χ4n) is 6.40. The van der Waals surface area contributed by atoms with Crippen LogP contribution in [0, 0.1) is 0 Å². The van der Waals surface area contributed by atoms with Gasteiger partial charge in [-0.1, -0.05) is 115 Å². The number of pyridine rings is 1. The van der Waals surface area contributed by atoms with Crippen LogP contribution in [0.25, 0.3) is 80.9 Å². The molecule has 0 saturated carbocycles. The molecule has 0 unspecified atom stereocenters. The Morgan fingerprint density at radius 3 is 2.02 bits per heavy atom. The molecule has 0 aliphatic heterocycles. The van der Waals surface area contributed by atoms with Crippen molar-refractivity contribution in [3.05, 3.63) is 146 Å². The molecule has 9 aromatic rings. The van der Waals surface area contributed by atoms with Gasteiger partial charge < -0.3 is 0 Å². The molecular formula is C39H24N2S. The maximum Gasteiger partial charge on any atom is 0.101 e. The van der Waals surface area contributed by atoms with Gasteiger partial charge in [0.25, 0.3) is 0 Å². The smallest absolute Gasteiger partial charge is 0.101 e. The van der Waals surface area contributed by atoms with E-state index in [9.17, 15) is 0 Å². The molecule has 0 radical (unpaired) electrons. The summed E-state index contributed by atoms with van der Waals surface area (Å²) in [5.41, 5.74) is 7.82. The Labute approximate surface area is 246 Å². The molecule has 0 saturated heterocycles. The highest BCUT2D eigenvalue weighted by molar-refractivity contribution is 7.25. The molecule has 0 aliphatic carbocycles. The van der Waals surface area contributed by atoms with Gasteiger partial charge in [-0.05, 0) is 52.1 Å². The molecule has 0 amide bonds. The first-order chi connectivity index (χ1) is 20.8. The number of rotatable bonds is 3. The van der Waals surface area contributed by atoms with Gasteiger partial charge in [0.1, 0.15) is 5.69 Å². The lowest BCUT2D eigenvalue weighted by molar-refractivity contribution is 0.980. The fourth-order valence-corrected chi connectivity index (χ4v) is 7.48. The zero-order chi connectivity index (χ0) is 27.6. The van der Waals surface area contributed by atoms with Crippen molar-refractivity contribution in [1.82, 2.24) is 9.61 Å². The molecule has 42 heavy (non-hydrogen) atoms. The maximum absolute atomic E-state index is 5.44. The van der Waals surface area contributed by atoms with Crippen molar-refractivity contribution < 1.29 is 0 Å². The third-order valence-electron chi connectivity index (χ3n) is 8.38. The second-order valence-corrected chi connectivity index (χ2v) is 11.9. The Morgan fingerprint density at radius 1 is 0.452 bits per heavy atom.